The number of pyridine rings is 1. The van der Waals surface area contributed by atoms with Crippen molar-refractivity contribution in [3.63, 3.8) is 0 Å². The van der Waals surface area contributed by atoms with Gasteiger partial charge in [0, 0.05) is 36.1 Å². The van der Waals surface area contributed by atoms with E-state index >= 15 is 0 Å². The topological polar surface area (TPSA) is 101 Å². The van der Waals surface area contributed by atoms with Crippen LogP contribution >= 0.6 is 0 Å². The lowest BCUT2D eigenvalue weighted by molar-refractivity contribution is -0.126. The van der Waals surface area contributed by atoms with Gasteiger partial charge in [-0.25, -0.2) is 9.18 Å². The Morgan fingerprint density at radius 1 is 0.951 bits per heavy atom. The van der Waals surface area contributed by atoms with Crippen LogP contribution in [0.2, 0.25) is 0 Å². The highest BCUT2D eigenvalue weighted by molar-refractivity contribution is 6.04. The van der Waals surface area contributed by atoms with Crippen molar-refractivity contribution in [2.24, 2.45) is 0 Å². The van der Waals surface area contributed by atoms with Crippen LogP contribution in [0, 0.1) is 12.7 Å². The van der Waals surface area contributed by atoms with E-state index in [-0.39, 0.29) is 18.4 Å². The van der Waals surface area contributed by atoms with Crippen molar-refractivity contribution in [3.8, 4) is 0 Å². The number of hydrogen-bond donors (Lipinski definition) is 2. The molecule has 1 fully saturated rings. The number of aromatic nitrogens is 1. The zero-order chi connectivity index (χ0) is 28.8. The van der Waals surface area contributed by atoms with E-state index in [0.29, 0.717) is 35.3 Å². The van der Waals surface area contributed by atoms with Gasteiger partial charge in [-0.2, -0.15) is 0 Å². The number of anilines is 1. The van der Waals surface area contributed by atoms with Crippen LogP contribution in [0.4, 0.5) is 14.9 Å². The van der Waals surface area contributed by atoms with Gasteiger partial charge >= 0.3 is 6.09 Å². The van der Waals surface area contributed by atoms with Crippen molar-refractivity contribution in [2.45, 2.75) is 32.0 Å². The Kier molecular flexibility index (Phi) is 8.34. The third-order valence-electron chi connectivity index (χ3n) is 6.84. The highest BCUT2D eigenvalue weighted by Crippen LogP contribution is 2.34. The molecule has 2 atom stereocenters. The number of nitrogens with one attached hydrogen (secondary N) is 2. The van der Waals surface area contributed by atoms with Crippen molar-refractivity contribution >= 4 is 23.6 Å². The summed E-state index contributed by atoms with van der Waals surface area (Å²) in [6, 6.07) is 24.4. The lowest BCUT2D eigenvalue weighted by Crippen LogP contribution is -2.46. The lowest BCUT2D eigenvalue weighted by Gasteiger charge is -2.24. The number of nitrogens with zero attached hydrogens (tertiary/aromatic N) is 2. The molecular weight excluding hydrogens is 523 g/mol. The molecule has 41 heavy (non-hydrogen) atoms. The van der Waals surface area contributed by atoms with E-state index in [9.17, 15) is 18.8 Å². The number of ether oxygens (including phenoxy) is 1. The number of amides is 3. The van der Waals surface area contributed by atoms with Gasteiger partial charge in [0.05, 0.1) is 6.54 Å². The third kappa shape index (κ3) is 6.75. The van der Waals surface area contributed by atoms with Crippen molar-refractivity contribution in [1.82, 2.24) is 15.2 Å². The number of hydrogen-bond acceptors (Lipinski definition) is 5. The van der Waals surface area contributed by atoms with E-state index in [0.717, 1.165) is 11.3 Å². The zero-order valence-corrected chi connectivity index (χ0v) is 22.4. The zero-order valence-electron chi connectivity index (χ0n) is 22.4. The molecule has 8 nitrogen and oxygen atoms in total. The minimum Gasteiger partial charge on any atom is -0.438 e. The fraction of sp³-hybridized carbons (Fsp3) is 0.188. The quantitative estimate of drug-likeness (QED) is 0.297. The van der Waals surface area contributed by atoms with Gasteiger partial charge in [0.1, 0.15) is 5.82 Å². The number of carbonyl (C=O) groups excluding carboxylic acids is 3. The van der Waals surface area contributed by atoms with Crippen LogP contribution in [0.3, 0.4) is 0 Å². The van der Waals surface area contributed by atoms with E-state index < -0.39 is 24.1 Å². The molecule has 1 aromatic heterocycles. The normalized spacial score (nSPS) is 16.2. The van der Waals surface area contributed by atoms with Crippen molar-refractivity contribution < 1.29 is 23.5 Å². The first-order valence-electron chi connectivity index (χ1n) is 13.2. The van der Waals surface area contributed by atoms with E-state index in [2.05, 4.69) is 15.6 Å². The highest BCUT2D eigenvalue weighted by Gasteiger charge is 2.46. The summed E-state index contributed by atoms with van der Waals surface area (Å²) in [7, 11) is 0. The molecule has 3 aromatic carbocycles. The fourth-order valence-corrected chi connectivity index (χ4v) is 4.63. The molecular formula is C32H29FN4O4. The molecule has 3 amide bonds. The Balaban J connectivity index is 1.33. The second-order valence-electron chi connectivity index (χ2n) is 9.81. The van der Waals surface area contributed by atoms with Crippen LogP contribution in [-0.2, 0) is 22.5 Å². The van der Waals surface area contributed by atoms with Crippen molar-refractivity contribution in [1.29, 1.82) is 0 Å². The Hall–Kier alpha value is -5.05. The molecule has 2 heterocycles. The van der Waals surface area contributed by atoms with E-state index in [4.69, 9.17) is 4.74 Å². The SMILES string of the molecule is Cc1ccc(C(=O)Nc2ccc([C@H]3OC(=O)N(Cc4ccc(F)cc4)[C@@H]3C(=O)NCCc3ccccn3)cc2)cc1. The number of cyclic esters (lactones) is 1. The summed E-state index contributed by atoms with van der Waals surface area (Å²) < 4.78 is 19.2. The Morgan fingerprint density at radius 2 is 1.68 bits per heavy atom. The van der Waals surface area contributed by atoms with Gasteiger partial charge in [-0.05, 0) is 66.6 Å². The first-order chi connectivity index (χ1) is 19.9. The van der Waals surface area contributed by atoms with Crippen LogP contribution in [0.25, 0.3) is 0 Å². The molecule has 0 unspecified atom stereocenters. The van der Waals surface area contributed by atoms with Crippen molar-refractivity contribution in [2.75, 3.05) is 11.9 Å². The summed E-state index contributed by atoms with van der Waals surface area (Å²) in [5, 5.41) is 5.76. The average Bonchev–Trinajstić information content (AvgIpc) is 3.31. The second kappa shape index (κ2) is 12.4. The molecule has 0 spiro atoms. The summed E-state index contributed by atoms with van der Waals surface area (Å²) in [6.45, 7) is 2.34. The van der Waals surface area contributed by atoms with Gasteiger partial charge in [0.25, 0.3) is 5.91 Å². The van der Waals surface area contributed by atoms with Crippen molar-refractivity contribution in [3.05, 3.63) is 131 Å². The molecule has 0 aliphatic carbocycles. The molecule has 0 radical (unpaired) electrons. The summed E-state index contributed by atoms with van der Waals surface area (Å²) >= 11 is 0. The van der Waals surface area contributed by atoms with Gasteiger partial charge in [-0.1, -0.05) is 48.0 Å². The van der Waals surface area contributed by atoms with Crippen LogP contribution in [-0.4, -0.2) is 40.4 Å². The number of benzene rings is 3. The van der Waals surface area contributed by atoms with E-state index in [1.165, 1.54) is 17.0 Å². The van der Waals surface area contributed by atoms with Gasteiger partial charge in [-0.3, -0.25) is 19.5 Å². The Morgan fingerprint density at radius 3 is 2.37 bits per heavy atom. The number of rotatable bonds is 9. The van der Waals surface area contributed by atoms with Gasteiger partial charge < -0.3 is 15.4 Å². The number of aryl methyl sites for hydroxylation is 1. The molecule has 2 N–H and O–H groups in total. The molecule has 4 aromatic rings. The van der Waals surface area contributed by atoms with Crippen LogP contribution < -0.4 is 10.6 Å². The third-order valence-corrected chi connectivity index (χ3v) is 6.84. The minimum atomic E-state index is -0.968. The fourth-order valence-electron chi connectivity index (χ4n) is 4.63. The minimum absolute atomic E-state index is 0.0681. The maximum Gasteiger partial charge on any atom is 0.411 e. The molecule has 1 saturated heterocycles. The summed E-state index contributed by atoms with van der Waals surface area (Å²) in [5.41, 5.74) is 4.23. The molecule has 0 saturated carbocycles. The standard InChI is InChI=1S/C32H29FN4O4/c1-21-5-9-24(10-6-21)30(38)36-27-15-11-23(12-16-27)29-28(31(39)35-19-17-26-4-2-3-18-34-26)37(32(40)41-29)20-22-7-13-25(33)14-8-22/h2-16,18,28-29H,17,19-20H2,1H3,(H,35,39)(H,36,38)/t28-,29+/m0/s1. The monoisotopic (exact) mass is 552 g/mol. The molecule has 9 heteroatoms. The largest absolute Gasteiger partial charge is 0.438 e. The van der Waals surface area contributed by atoms with E-state index in [1.54, 1.807) is 54.7 Å². The van der Waals surface area contributed by atoms with Crippen LogP contribution in [0.5, 0.6) is 0 Å². The van der Waals surface area contributed by atoms with Gasteiger partial charge in [-0.15, -0.1) is 0 Å². The van der Waals surface area contributed by atoms with Gasteiger partial charge in [0.15, 0.2) is 12.1 Å². The smallest absolute Gasteiger partial charge is 0.411 e. The molecule has 208 valence electrons. The Bertz CT molecular complexity index is 1510. The predicted molar refractivity (Wildman–Crippen MR) is 151 cm³/mol. The lowest BCUT2D eigenvalue weighted by atomic mass is 10.00. The first kappa shape index (κ1) is 27.5. The summed E-state index contributed by atoms with van der Waals surface area (Å²) in [4.78, 5) is 44.8. The maximum absolute atomic E-state index is 13.5. The highest BCUT2D eigenvalue weighted by atomic mass is 19.1. The summed E-state index contributed by atoms with van der Waals surface area (Å²) in [5.74, 6) is -1.02. The summed E-state index contributed by atoms with van der Waals surface area (Å²) in [6.07, 6.45) is 0.667. The molecule has 5 rings (SSSR count). The number of carbonyl (C=O) groups is 3. The molecule has 1 aliphatic heterocycles. The maximum atomic E-state index is 13.5. The second-order valence-corrected chi connectivity index (χ2v) is 9.81. The van der Waals surface area contributed by atoms with Crippen LogP contribution in [0.1, 0.15) is 38.8 Å². The van der Waals surface area contributed by atoms with Crippen LogP contribution in [0.15, 0.2) is 97.2 Å². The van der Waals surface area contributed by atoms with Gasteiger partial charge in [0.2, 0.25) is 5.91 Å². The molecule has 1 aliphatic rings. The first-order valence-corrected chi connectivity index (χ1v) is 13.2. The average molecular weight is 553 g/mol. The van der Waals surface area contributed by atoms with E-state index in [1.807, 2.05) is 37.3 Å². The Labute approximate surface area is 237 Å². The molecule has 0 bridgehead atoms. The predicted octanol–water partition coefficient (Wildman–Crippen LogP) is 5.20. The number of halogens is 1.